The number of nitrogens with two attached hydrogens (primary N) is 1. The van der Waals surface area contributed by atoms with Crippen LogP contribution >= 0.6 is 0 Å². The van der Waals surface area contributed by atoms with Gasteiger partial charge in [0.25, 0.3) is 0 Å². The molecule has 12 heavy (non-hydrogen) atoms. The SMILES string of the molecule is CC(C)c1cnn(C(C)C)c1N. The Morgan fingerprint density at radius 3 is 2.17 bits per heavy atom. The lowest BCUT2D eigenvalue weighted by Gasteiger charge is -2.09. The van der Waals surface area contributed by atoms with Crippen molar-refractivity contribution >= 4 is 5.82 Å². The van der Waals surface area contributed by atoms with E-state index < -0.39 is 0 Å². The Kier molecular flexibility index (Phi) is 2.40. The minimum Gasteiger partial charge on any atom is -0.384 e. The quantitative estimate of drug-likeness (QED) is 0.733. The summed E-state index contributed by atoms with van der Waals surface area (Å²) in [5, 5.41) is 4.23. The number of anilines is 1. The van der Waals surface area contributed by atoms with Gasteiger partial charge in [0, 0.05) is 11.6 Å². The molecule has 0 aliphatic carbocycles. The molecule has 0 bridgehead atoms. The van der Waals surface area contributed by atoms with Crippen LogP contribution in [0.4, 0.5) is 5.82 Å². The van der Waals surface area contributed by atoms with Gasteiger partial charge in [-0.2, -0.15) is 5.10 Å². The largest absolute Gasteiger partial charge is 0.384 e. The van der Waals surface area contributed by atoms with Gasteiger partial charge in [-0.25, -0.2) is 4.68 Å². The van der Waals surface area contributed by atoms with Crippen LogP contribution in [0.2, 0.25) is 0 Å². The average Bonchev–Trinajstić information content (AvgIpc) is 2.30. The topological polar surface area (TPSA) is 43.8 Å². The van der Waals surface area contributed by atoms with Gasteiger partial charge < -0.3 is 5.73 Å². The van der Waals surface area contributed by atoms with Crippen LogP contribution in [0, 0.1) is 0 Å². The van der Waals surface area contributed by atoms with E-state index in [0.717, 1.165) is 11.4 Å². The molecule has 0 aliphatic rings. The predicted molar refractivity (Wildman–Crippen MR) is 51.1 cm³/mol. The third-order valence-corrected chi connectivity index (χ3v) is 1.97. The summed E-state index contributed by atoms with van der Waals surface area (Å²) in [6.45, 7) is 8.40. The molecule has 0 unspecified atom stereocenters. The highest BCUT2D eigenvalue weighted by molar-refractivity contribution is 5.40. The number of hydrogen-bond acceptors (Lipinski definition) is 2. The molecule has 1 aromatic rings. The maximum atomic E-state index is 5.91. The zero-order valence-corrected chi connectivity index (χ0v) is 8.20. The first-order valence-corrected chi connectivity index (χ1v) is 4.37. The lowest BCUT2D eigenvalue weighted by Crippen LogP contribution is -2.07. The number of nitrogens with zero attached hydrogens (tertiary/aromatic N) is 2. The summed E-state index contributed by atoms with van der Waals surface area (Å²) in [7, 11) is 0. The van der Waals surface area contributed by atoms with E-state index in [2.05, 4.69) is 32.8 Å². The lowest BCUT2D eigenvalue weighted by atomic mass is 10.1. The summed E-state index contributed by atoms with van der Waals surface area (Å²) in [4.78, 5) is 0. The summed E-state index contributed by atoms with van der Waals surface area (Å²) in [6.07, 6.45) is 1.86. The molecule has 0 amide bonds. The lowest BCUT2D eigenvalue weighted by molar-refractivity contribution is 0.540. The van der Waals surface area contributed by atoms with Crippen molar-refractivity contribution in [3.63, 3.8) is 0 Å². The van der Waals surface area contributed by atoms with Crippen molar-refractivity contribution in [3.8, 4) is 0 Å². The Hall–Kier alpha value is -0.990. The van der Waals surface area contributed by atoms with Crippen LogP contribution < -0.4 is 5.73 Å². The summed E-state index contributed by atoms with van der Waals surface area (Å²) >= 11 is 0. The fraction of sp³-hybridized carbons (Fsp3) is 0.667. The van der Waals surface area contributed by atoms with Crippen LogP contribution in [0.1, 0.15) is 45.2 Å². The molecule has 68 valence electrons. The van der Waals surface area contributed by atoms with Gasteiger partial charge in [0.05, 0.1) is 6.20 Å². The summed E-state index contributed by atoms with van der Waals surface area (Å²) < 4.78 is 1.86. The molecule has 2 N–H and O–H groups in total. The van der Waals surface area contributed by atoms with E-state index in [1.54, 1.807) is 0 Å². The zero-order chi connectivity index (χ0) is 9.30. The Morgan fingerprint density at radius 1 is 1.33 bits per heavy atom. The Bertz CT molecular complexity index is 235. The molecule has 0 aromatic carbocycles. The second-order valence-electron chi connectivity index (χ2n) is 3.68. The number of nitrogen functional groups attached to an aromatic ring is 1. The Balaban J connectivity index is 3.04. The second kappa shape index (κ2) is 3.17. The van der Waals surface area contributed by atoms with Crippen molar-refractivity contribution < 1.29 is 0 Å². The van der Waals surface area contributed by atoms with E-state index in [0.29, 0.717) is 12.0 Å². The molecule has 0 saturated heterocycles. The average molecular weight is 167 g/mol. The van der Waals surface area contributed by atoms with Crippen molar-refractivity contribution in [1.82, 2.24) is 9.78 Å². The highest BCUT2D eigenvalue weighted by atomic mass is 15.3. The van der Waals surface area contributed by atoms with Gasteiger partial charge in [-0.1, -0.05) is 13.8 Å². The number of rotatable bonds is 2. The van der Waals surface area contributed by atoms with Crippen LogP contribution in [-0.4, -0.2) is 9.78 Å². The molecule has 3 heteroatoms. The summed E-state index contributed by atoms with van der Waals surface area (Å²) in [6, 6.07) is 0.345. The van der Waals surface area contributed by atoms with Crippen molar-refractivity contribution in [2.75, 3.05) is 5.73 Å². The molecule has 1 rings (SSSR count). The Morgan fingerprint density at radius 2 is 1.92 bits per heavy atom. The van der Waals surface area contributed by atoms with Gasteiger partial charge in [-0.3, -0.25) is 0 Å². The first-order chi connectivity index (χ1) is 5.54. The smallest absolute Gasteiger partial charge is 0.125 e. The standard InChI is InChI=1S/C9H17N3/c1-6(2)8-5-11-12(7(3)4)9(8)10/h5-7H,10H2,1-4H3. The van der Waals surface area contributed by atoms with E-state index in [1.165, 1.54) is 0 Å². The molecular weight excluding hydrogens is 150 g/mol. The van der Waals surface area contributed by atoms with Gasteiger partial charge in [-0.05, 0) is 19.8 Å². The second-order valence-corrected chi connectivity index (χ2v) is 3.68. The van der Waals surface area contributed by atoms with Crippen molar-refractivity contribution in [1.29, 1.82) is 0 Å². The van der Waals surface area contributed by atoms with Crippen LogP contribution in [0.25, 0.3) is 0 Å². The number of hydrogen-bond donors (Lipinski definition) is 1. The number of aromatic nitrogens is 2. The molecule has 0 spiro atoms. The minimum atomic E-state index is 0.345. The first-order valence-electron chi connectivity index (χ1n) is 4.37. The minimum absolute atomic E-state index is 0.345. The Labute approximate surface area is 73.6 Å². The molecule has 3 nitrogen and oxygen atoms in total. The van der Waals surface area contributed by atoms with Gasteiger partial charge in [-0.15, -0.1) is 0 Å². The van der Waals surface area contributed by atoms with Crippen LogP contribution in [0.15, 0.2) is 6.20 Å². The van der Waals surface area contributed by atoms with Crippen molar-refractivity contribution in [2.24, 2.45) is 0 Å². The third kappa shape index (κ3) is 1.44. The van der Waals surface area contributed by atoms with Gasteiger partial charge in [0.2, 0.25) is 0 Å². The fourth-order valence-electron chi connectivity index (χ4n) is 1.24. The molecule has 0 aliphatic heterocycles. The molecule has 0 atom stereocenters. The van der Waals surface area contributed by atoms with Crippen molar-refractivity contribution in [2.45, 2.75) is 39.7 Å². The molecule has 0 fully saturated rings. The molecule has 0 radical (unpaired) electrons. The molecule has 1 heterocycles. The normalized spacial score (nSPS) is 11.5. The maximum Gasteiger partial charge on any atom is 0.125 e. The highest BCUT2D eigenvalue weighted by Gasteiger charge is 2.11. The van der Waals surface area contributed by atoms with E-state index in [9.17, 15) is 0 Å². The third-order valence-electron chi connectivity index (χ3n) is 1.97. The summed E-state index contributed by atoms with van der Waals surface area (Å²) in [5.74, 6) is 1.26. The molecule has 0 saturated carbocycles. The fourth-order valence-corrected chi connectivity index (χ4v) is 1.24. The highest BCUT2D eigenvalue weighted by Crippen LogP contribution is 2.23. The van der Waals surface area contributed by atoms with Crippen LogP contribution in [0.5, 0.6) is 0 Å². The van der Waals surface area contributed by atoms with E-state index in [1.807, 2.05) is 10.9 Å². The van der Waals surface area contributed by atoms with Crippen LogP contribution in [-0.2, 0) is 0 Å². The molecule has 1 aromatic heterocycles. The predicted octanol–water partition coefficient (Wildman–Crippen LogP) is 2.17. The van der Waals surface area contributed by atoms with Gasteiger partial charge in [0.1, 0.15) is 5.82 Å². The van der Waals surface area contributed by atoms with Crippen molar-refractivity contribution in [3.05, 3.63) is 11.8 Å². The first kappa shape index (κ1) is 9.10. The van der Waals surface area contributed by atoms with Crippen LogP contribution in [0.3, 0.4) is 0 Å². The van der Waals surface area contributed by atoms with E-state index in [-0.39, 0.29) is 0 Å². The maximum absolute atomic E-state index is 5.91. The van der Waals surface area contributed by atoms with Gasteiger partial charge >= 0.3 is 0 Å². The summed E-state index contributed by atoms with van der Waals surface area (Å²) in [5.41, 5.74) is 7.05. The zero-order valence-electron chi connectivity index (χ0n) is 8.20. The monoisotopic (exact) mass is 167 g/mol. The van der Waals surface area contributed by atoms with E-state index >= 15 is 0 Å². The molecular formula is C9H17N3. The van der Waals surface area contributed by atoms with E-state index in [4.69, 9.17) is 5.73 Å². The van der Waals surface area contributed by atoms with Gasteiger partial charge in [0.15, 0.2) is 0 Å².